The molecule has 6 nitrogen and oxygen atoms in total. The average Bonchev–Trinajstić information content (AvgIpc) is 2.74. The molecule has 2 aliphatic heterocycles. The molecule has 2 aliphatic rings. The van der Waals surface area contributed by atoms with Gasteiger partial charge in [-0.15, -0.1) is 0 Å². The van der Waals surface area contributed by atoms with Crippen molar-refractivity contribution in [2.45, 2.75) is 18.9 Å². The number of nitrogens with zero attached hydrogens (tertiary/aromatic N) is 2. The molecule has 1 atom stereocenters. The molecule has 0 spiro atoms. The second-order valence-corrected chi connectivity index (χ2v) is 6.27. The van der Waals surface area contributed by atoms with Crippen molar-refractivity contribution in [3.63, 3.8) is 0 Å². The summed E-state index contributed by atoms with van der Waals surface area (Å²) >= 11 is 3.39. The monoisotopic (exact) mass is 359 g/mol. The van der Waals surface area contributed by atoms with Gasteiger partial charge in [-0.05, 0) is 18.6 Å². The predicted octanol–water partition coefficient (Wildman–Crippen LogP) is 1.76. The van der Waals surface area contributed by atoms with E-state index in [-0.39, 0.29) is 18.2 Å². The van der Waals surface area contributed by atoms with Gasteiger partial charge in [0.05, 0.1) is 17.4 Å². The van der Waals surface area contributed by atoms with Crippen molar-refractivity contribution in [1.82, 2.24) is 10.3 Å². The third-order valence-electron chi connectivity index (χ3n) is 4.03. The highest BCUT2D eigenvalue weighted by atomic mass is 79.9. The Labute approximate surface area is 133 Å². The Bertz CT molecular complexity index is 864. The van der Waals surface area contributed by atoms with Crippen molar-refractivity contribution >= 4 is 50.1 Å². The summed E-state index contributed by atoms with van der Waals surface area (Å²) in [6.07, 6.45) is 3.83. The Hall–Kier alpha value is -2.28. The van der Waals surface area contributed by atoms with Gasteiger partial charge in [0.25, 0.3) is 5.91 Å². The molecule has 1 aromatic heterocycles. The fourth-order valence-corrected chi connectivity index (χ4v) is 3.57. The Morgan fingerprint density at radius 2 is 2.05 bits per heavy atom. The number of pyridine rings is 1. The maximum absolute atomic E-state index is 12.8. The third kappa shape index (κ3) is 1.78. The van der Waals surface area contributed by atoms with E-state index >= 15 is 0 Å². The van der Waals surface area contributed by atoms with E-state index in [0.29, 0.717) is 17.7 Å². The summed E-state index contributed by atoms with van der Waals surface area (Å²) < 4.78 is 0.785. The summed E-state index contributed by atoms with van der Waals surface area (Å²) in [7, 11) is 0. The molecule has 0 radical (unpaired) electrons. The first kappa shape index (κ1) is 13.4. The van der Waals surface area contributed by atoms with Gasteiger partial charge in [-0.25, -0.2) is 0 Å². The predicted molar refractivity (Wildman–Crippen MR) is 82.4 cm³/mol. The lowest BCUT2D eigenvalue weighted by Crippen LogP contribution is -2.53. The van der Waals surface area contributed by atoms with Crippen molar-refractivity contribution in [1.29, 1.82) is 0 Å². The minimum Gasteiger partial charge on any atom is -0.295 e. The zero-order valence-corrected chi connectivity index (χ0v) is 12.9. The number of anilines is 1. The van der Waals surface area contributed by atoms with Crippen LogP contribution in [-0.4, -0.2) is 28.7 Å². The van der Waals surface area contributed by atoms with Crippen molar-refractivity contribution < 1.29 is 14.4 Å². The number of piperidine rings is 1. The number of rotatable bonds is 1. The maximum Gasteiger partial charge on any atom is 0.259 e. The second-order valence-electron chi connectivity index (χ2n) is 5.35. The zero-order valence-electron chi connectivity index (χ0n) is 11.3. The molecule has 1 unspecified atom stereocenters. The SMILES string of the molecule is O=C1CCC(N2C(=O)c3cc(Br)cc4cncc2c34)C(=O)N1. The Balaban J connectivity index is 1.88. The lowest BCUT2D eigenvalue weighted by molar-refractivity contribution is -0.134. The zero-order chi connectivity index (χ0) is 15.4. The molecule has 0 aliphatic carbocycles. The summed E-state index contributed by atoms with van der Waals surface area (Å²) in [6.45, 7) is 0. The topological polar surface area (TPSA) is 79.4 Å². The second kappa shape index (κ2) is 4.61. The molecule has 1 saturated heterocycles. The largest absolute Gasteiger partial charge is 0.295 e. The molecule has 1 aromatic carbocycles. The number of hydrogen-bond donors (Lipinski definition) is 1. The fourth-order valence-electron chi connectivity index (χ4n) is 3.10. The smallest absolute Gasteiger partial charge is 0.259 e. The number of amides is 3. The van der Waals surface area contributed by atoms with E-state index in [9.17, 15) is 14.4 Å². The first-order valence-corrected chi connectivity index (χ1v) is 7.60. The molecule has 1 N–H and O–H groups in total. The van der Waals surface area contributed by atoms with Gasteiger partial charge in [0.15, 0.2) is 0 Å². The van der Waals surface area contributed by atoms with Crippen molar-refractivity contribution in [2.75, 3.05) is 4.90 Å². The van der Waals surface area contributed by atoms with E-state index in [2.05, 4.69) is 26.2 Å². The highest BCUT2D eigenvalue weighted by Gasteiger charge is 2.40. The van der Waals surface area contributed by atoms with E-state index in [1.54, 1.807) is 18.5 Å². The van der Waals surface area contributed by atoms with Crippen LogP contribution in [0.25, 0.3) is 10.8 Å². The lowest BCUT2D eigenvalue weighted by Gasteiger charge is -2.29. The molecule has 4 rings (SSSR count). The normalized spacial score (nSPS) is 20.7. The molecule has 0 bridgehead atoms. The molecule has 7 heteroatoms. The maximum atomic E-state index is 12.8. The van der Waals surface area contributed by atoms with Crippen LogP contribution in [0.2, 0.25) is 0 Å². The number of carbonyl (C=O) groups excluding carboxylic acids is 3. The summed E-state index contributed by atoms with van der Waals surface area (Å²) in [6, 6.07) is 2.96. The van der Waals surface area contributed by atoms with Crippen LogP contribution < -0.4 is 10.2 Å². The molecule has 1 fully saturated rings. The van der Waals surface area contributed by atoms with E-state index < -0.39 is 11.9 Å². The molecule has 22 heavy (non-hydrogen) atoms. The van der Waals surface area contributed by atoms with Crippen molar-refractivity contribution in [3.05, 3.63) is 34.6 Å². The van der Waals surface area contributed by atoms with Gasteiger partial charge in [-0.2, -0.15) is 0 Å². The van der Waals surface area contributed by atoms with Gasteiger partial charge in [0, 0.05) is 27.9 Å². The Kier molecular flexibility index (Phi) is 2.80. The van der Waals surface area contributed by atoms with E-state index in [4.69, 9.17) is 0 Å². The van der Waals surface area contributed by atoms with E-state index in [1.807, 2.05) is 6.07 Å². The van der Waals surface area contributed by atoms with Gasteiger partial charge in [0.1, 0.15) is 6.04 Å². The molecule has 3 amide bonds. The van der Waals surface area contributed by atoms with Gasteiger partial charge < -0.3 is 0 Å². The summed E-state index contributed by atoms with van der Waals surface area (Å²) in [5.41, 5.74) is 1.17. The van der Waals surface area contributed by atoms with E-state index in [1.165, 1.54) is 4.90 Å². The number of hydrogen-bond acceptors (Lipinski definition) is 4. The van der Waals surface area contributed by atoms with Crippen LogP contribution >= 0.6 is 15.9 Å². The Morgan fingerprint density at radius 3 is 2.82 bits per heavy atom. The first-order valence-electron chi connectivity index (χ1n) is 6.81. The average molecular weight is 360 g/mol. The highest BCUT2D eigenvalue weighted by molar-refractivity contribution is 9.10. The van der Waals surface area contributed by atoms with Crippen LogP contribution in [0, 0.1) is 0 Å². The van der Waals surface area contributed by atoms with Gasteiger partial charge in [0.2, 0.25) is 11.8 Å². The van der Waals surface area contributed by atoms with Crippen LogP contribution in [0.4, 0.5) is 5.69 Å². The van der Waals surface area contributed by atoms with E-state index in [0.717, 1.165) is 15.2 Å². The minimum absolute atomic E-state index is 0.226. The first-order chi connectivity index (χ1) is 10.6. The summed E-state index contributed by atoms with van der Waals surface area (Å²) in [5.74, 6) is -0.971. The standard InChI is InChI=1S/C15H10BrN3O3/c16-8-3-7-5-17-6-11-13(7)9(4-8)15(22)19(11)10-1-2-12(20)18-14(10)21/h3-6,10H,1-2H2,(H,18,20,21). The molecule has 2 aromatic rings. The number of aromatic nitrogens is 1. The van der Waals surface area contributed by atoms with Gasteiger partial charge in [-0.3, -0.25) is 29.6 Å². The van der Waals surface area contributed by atoms with Crippen LogP contribution in [0.3, 0.4) is 0 Å². The minimum atomic E-state index is -0.677. The van der Waals surface area contributed by atoms with Crippen LogP contribution in [0.15, 0.2) is 29.0 Å². The van der Waals surface area contributed by atoms with Crippen LogP contribution in [0.5, 0.6) is 0 Å². The van der Waals surface area contributed by atoms with Crippen LogP contribution in [-0.2, 0) is 9.59 Å². The van der Waals surface area contributed by atoms with Crippen molar-refractivity contribution in [3.8, 4) is 0 Å². The Morgan fingerprint density at radius 1 is 1.23 bits per heavy atom. The third-order valence-corrected chi connectivity index (χ3v) is 4.49. The summed E-state index contributed by atoms with van der Waals surface area (Å²) in [4.78, 5) is 41.8. The van der Waals surface area contributed by atoms with Gasteiger partial charge >= 0.3 is 0 Å². The molecular formula is C15H10BrN3O3. The number of carbonyl (C=O) groups is 3. The van der Waals surface area contributed by atoms with Gasteiger partial charge in [-0.1, -0.05) is 15.9 Å². The quantitative estimate of drug-likeness (QED) is 0.786. The fraction of sp³-hybridized carbons (Fsp3) is 0.200. The molecule has 0 saturated carbocycles. The lowest BCUT2D eigenvalue weighted by atomic mass is 10.0. The number of imide groups is 1. The number of halogens is 1. The summed E-state index contributed by atoms with van der Waals surface area (Å²) in [5, 5.41) is 3.93. The molecular weight excluding hydrogens is 350 g/mol. The molecule has 3 heterocycles. The van der Waals surface area contributed by atoms with Crippen molar-refractivity contribution in [2.24, 2.45) is 0 Å². The molecule has 110 valence electrons. The number of benzene rings is 1. The van der Waals surface area contributed by atoms with Crippen LogP contribution in [0.1, 0.15) is 23.2 Å². The number of nitrogens with one attached hydrogen (secondary N) is 1. The highest BCUT2D eigenvalue weighted by Crippen LogP contribution is 2.40.